The molecule has 21 heavy (non-hydrogen) atoms. The first kappa shape index (κ1) is 19.3. The van der Waals surface area contributed by atoms with Crippen LogP contribution in [0.4, 0.5) is 4.79 Å². The molecule has 0 aromatic rings. The van der Waals surface area contributed by atoms with E-state index in [9.17, 15) is 14.7 Å². The van der Waals surface area contributed by atoms with Crippen molar-refractivity contribution in [3.8, 4) is 11.8 Å². The molecule has 2 atom stereocenters. The van der Waals surface area contributed by atoms with E-state index in [0.29, 0.717) is 6.42 Å². The monoisotopic (exact) mass is 299 g/mol. The van der Waals surface area contributed by atoms with Crippen LogP contribution in [0.15, 0.2) is 0 Å². The summed E-state index contributed by atoms with van der Waals surface area (Å²) in [6.45, 7) is 9.14. The zero-order chi connectivity index (χ0) is 16.6. The van der Waals surface area contributed by atoms with E-state index in [0.717, 1.165) is 0 Å². The van der Waals surface area contributed by atoms with Crippen molar-refractivity contribution in [3.63, 3.8) is 0 Å². The van der Waals surface area contributed by atoms with E-state index in [4.69, 9.17) is 4.74 Å². The van der Waals surface area contributed by atoms with Crippen molar-refractivity contribution in [2.75, 3.05) is 7.11 Å². The lowest BCUT2D eigenvalue weighted by Gasteiger charge is -2.25. The largest absolute Gasteiger partial charge is 0.459 e. The number of aliphatic hydroxyl groups excluding tert-OH is 1. The first-order valence-electron chi connectivity index (χ1n) is 6.82. The lowest BCUT2D eigenvalue weighted by atomic mass is 9.99. The van der Waals surface area contributed by atoms with Crippen molar-refractivity contribution >= 4 is 12.1 Å². The fourth-order valence-electron chi connectivity index (χ4n) is 1.52. The second-order valence-corrected chi connectivity index (χ2v) is 6.09. The van der Waals surface area contributed by atoms with Gasteiger partial charge in [-0.1, -0.05) is 19.8 Å². The third kappa shape index (κ3) is 9.74. The number of hydrogen-bond donors (Lipinski definition) is 2. The minimum atomic E-state index is -1.18. The van der Waals surface area contributed by atoms with E-state index in [1.807, 2.05) is 13.8 Å². The molecule has 1 amide bonds. The van der Waals surface area contributed by atoms with Crippen LogP contribution in [-0.2, 0) is 14.3 Å². The average molecular weight is 299 g/mol. The topological polar surface area (TPSA) is 84.9 Å². The van der Waals surface area contributed by atoms with Crippen molar-refractivity contribution in [1.82, 2.24) is 5.32 Å². The van der Waals surface area contributed by atoms with Crippen molar-refractivity contribution in [1.29, 1.82) is 0 Å². The van der Waals surface area contributed by atoms with Gasteiger partial charge >= 0.3 is 12.1 Å². The van der Waals surface area contributed by atoms with Gasteiger partial charge < -0.3 is 19.9 Å². The number of nitrogens with one attached hydrogen (secondary N) is 1. The first-order chi connectivity index (χ1) is 9.55. The molecule has 0 heterocycles. The van der Waals surface area contributed by atoms with Crippen LogP contribution in [0, 0.1) is 17.8 Å². The number of hydrogen-bond acceptors (Lipinski definition) is 5. The Kier molecular flexibility index (Phi) is 7.82. The molecule has 2 N–H and O–H groups in total. The van der Waals surface area contributed by atoms with E-state index in [2.05, 4.69) is 21.9 Å². The van der Waals surface area contributed by atoms with E-state index in [1.165, 1.54) is 7.11 Å². The summed E-state index contributed by atoms with van der Waals surface area (Å²) in [6, 6.07) is -0.628. The number of amides is 1. The van der Waals surface area contributed by atoms with Crippen LogP contribution in [-0.4, -0.2) is 42.0 Å². The van der Waals surface area contributed by atoms with Gasteiger partial charge in [0, 0.05) is 5.92 Å². The van der Waals surface area contributed by atoms with Crippen LogP contribution in [0.2, 0.25) is 0 Å². The Hall–Kier alpha value is -1.74. The molecule has 0 aromatic heterocycles. The Morgan fingerprint density at radius 1 is 1.29 bits per heavy atom. The molecule has 0 aliphatic carbocycles. The Bertz CT molecular complexity index is 414. The maximum Gasteiger partial charge on any atom is 0.407 e. The number of rotatable bonds is 4. The zero-order valence-electron chi connectivity index (χ0n) is 13.5. The van der Waals surface area contributed by atoms with Crippen LogP contribution in [0.5, 0.6) is 0 Å². The number of ether oxygens (including phenoxy) is 2. The molecule has 1 unspecified atom stereocenters. The van der Waals surface area contributed by atoms with Crippen molar-refractivity contribution < 1.29 is 24.2 Å². The number of carbonyl (C=O) groups excluding carboxylic acids is 2. The highest BCUT2D eigenvalue weighted by molar-refractivity contribution is 5.88. The summed E-state index contributed by atoms with van der Waals surface area (Å²) in [7, 11) is 1.20. The molecular weight excluding hydrogens is 274 g/mol. The molecule has 0 spiro atoms. The highest BCUT2D eigenvalue weighted by Crippen LogP contribution is 2.11. The minimum absolute atomic E-state index is 0.222. The average Bonchev–Trinajstić information content (AvgIpc) is 2.31. The summed E-state index contributed by atoms with van der Waals surface area (Å²) in [5.74, 6) is 4.00. The van der Waals surface area contributed by atoms with Crippen molar-refractivity contribution in [2.45, 2.75) is 58.8 Å². The normalized spacial score (nSPS) is 13.7. The molecule has 0 aromatic carbocycles. The third-order valence-electron chi connectivity index (χ3n) is 2.32. The lowest BCUT2D eigenvalue weighted by Crippen LogP contribution is -2.45. The predicted octanol–water partition coefficient (Wildman–Crippen LogP) is 1.46. The molecule has 0 saturated heterocycles. The van der Waals surface area contributed by atoms with Gasteiger partial charge in [-0.2, -0.15) is 0 Å². The molecule has 0 radical (unpaired) electrons. The quantitative estimate of drug-likeness (QED) is 0.466. The summed E-state index contributed by atoms with van der Waals surface area (Å²) < 4.78 is 9.52. The molecule has 0 aliphatic heterocycles. The fourth-order valence-corrected chi connectivity index (χ4v) is 1.52. The van der Waals surface area contributed by atoms with Gasteiger partial charge in [0.15, 0.2) is 0 Å². The molecule has 6 nitrogen and oxygen atoms in total. The maximum absolute atomic E-state index is 11.8. The van der Waals surface area contributed by atoms with E-state index < -0.39 is 29.8 Å². The first-order valence-corrected chi connectivity index (χ1v) is 6.82. The molecular formula is C15H25NO5. The molecule has 120 valence electrons. The standard InChI is InChI=1S/C15H25NO5/c1-10(2)9-11(12(17)7-8-13(18)20-6)16-14(19)21-15(3,4)5/h10-12,17H,9H2,1-6H3,(H,16,19)/t11-,12?/m0/s1. The zero-order valence-corrected chi connectivity index (χ0v) is 13.5. The van der Waals surface area contributed by atoms with Gasteiger partial charge in [-0.15, -0.1) is 0 Å². The molecule has 0 aliphatic rings. The van der Waals surface area contributed by atoms with Gasteiger partial charge in [0.1, 0.15) is 11.7 Å². The van der Waals surface area contributed by atoms with Crippen LogP contribution >= 0.6 is 0 Å². The van der Waals surface area contributed by atoms with Crippen LogP contribution < -0.4 is 5.32 Å². The lowest BCUT2D eigenvalue weighted by molar-refractivity contribution is -0.133. The third-order valence-corrected chi connectivity index (χ3v) is 2.32. The van der Waals surface area contributed by atoms with E-state index in [1.54, 1.807) is 20.8 Å². The van der Waals surface area contributed by atoms with Gasteiger partial charge in [0.2, 0.25) is 0 Å². The summed E-state index contributed by atoms with van der Waals surface area (Å²) in [5, 5.41) is 12.6. The van der Waals surface area contributed by atoms with Gasteiger partial charge in [0.05, 0.1) is 13.2 Å². The summed E-state index contributed by atoms with van der Waals surface area (Å²) in [6.07, 6.45) is -1.32. The van der Waals surface area contributed by atoms with Crippen molar-refractivity contribution in [2.24, 2.45) is 5.92 Å². The molecule has 0 saturated carbocycles. The Labute approximate surface area is 126 Å². The number of methoxy groups -OCH3 is 1. The number of esters is 1. The number of aliphatic hydroxyl groups is 1. The second-order valence-electron chi connectivity index (χ2n) is 6.09. The molecule has 6 heteroatoms. The smallest absolute Gasteiger partial charge is 0.407 e. The van der Waals surface area contributed by atoms with Gasteiger partial charge in [-0.25, -0.2) is 9.59 Å². The molecule has 0 bridgehead atoms. The Balaban J connectivity index is 4.82. The van der Waals surface area contributed by atoms with E-state index >= 15 is 0 Å². The van der Waals surface area contributed by atoms with Crippen LogP contribution in [0.3, 0.4) is 0 Å². The number of carbonyl (C=O) groups is 2. The van der Waals surface area contributed by atoms with Crippen LogP contribution in [0.1, 0.15) is 41.0 Å². The van der Waals surface area contributed by atoms with Crippen molar-refractivity contribution in [3.05, 3.63) is 0 Å². The second kappa shape index (κ2) is 8.53. The highest BCUT2D eigenvalue weighted by atomic mass is 16.6. The number of alkyl carbamates (subject to hydrolysis) is 1. The summed E-state index contributed by atoms with van der Waals surface area (Å²) in [5.41, 5.74) is -0.630. The Morgan fingerprint density at radius 2 is 1.86 bits per heavy atom. The van der Waals surface area contributed by atoms with Gasteiger partial charge in [-0.3, -0.25) is 0 Å². The van der Waals surface area contributed by atoms with E-state index in [-0.39, 0.29) is 5.92 Å². The minimum Gasteiger partial charge on any atom is -0.459 e. The van der Waals surface area contributed by atoms with Gasteiger partial charge in [0.25, 0.3) is 0 Å². The van der Waals surface area contributed by atoms with Crippen LogP contribution in [0.25, 0.3) is 0 Å². The molecule has 0 fully saturated rings. The predicted molar refractivity (Wildman–Crippen MR) is 78.4 cm³/mol. The SMILES string of the molecule is COC(=O)C#CC(O)[C@H](CC(C)C)NC(=O)OC(C)(C)C. The summed E-state index contributed by atoms with van der Waals surface area (Å²) in [4.78, 5) is 22.7. The van der Waals surface area contributed by atoms with Gasteiger partial charge in [-0.05, 0) is 33.1 Å². The highest BCUT2D eigenvalue weighted by Gasteiger charge is 2.24. The molecule has 0 rings (SSSR count). The maximum atomic E-state index is 11.8. The fraction of sp³-hybridized carbons (Fsp3) is 0.733. The Morgan fingerprint density at radius 3 is 2.29 bits per heavy atom. The summed E-state index contributed by atoms with van der Waals surface area (Å²) >= 11 is 0.